The summed E-state index contributed by atoms with van der Waals surface area (Å²) < 4.78 is 5.29. The molecule has 23 heavy (non-hydrogen) atoms. The number of nitrogens with zero attached hydrogens (tertiary/aromatic N) is 2. The maximum absolute atomic E-state index is 9.33. The van der Waals surface area contributed by atoms with E-state index in [4.69, 9.17) is 10.5 Å². The van der Waals surface area contributed by atoms with Crippen LogP contribution in [-0.2, 0) is 4.74 Å². The van der Waals surface area contributed by atoms with Gasteiger partial charge in [-0.25, -0.2) is 0 Å². The molecular weight excluding hydrogens is 286 g/mol. The number of hydrogen-bond donors (Lipinski definition) is 1. The largest absolute Gasteiger partial charge is 0.497 e. The van der Waals surface area contributed by atoms with Crippen molar-refractivity contribution < 1.29 is 4.74 Å². The van der Waals surface area contributed by atoms with E-state index >= 15 is 0 Å². The van der Waals surface area contributed by atoms with E-state index in [1.165, 1.54) is 13.3 Å². The van der Waals surface area contributed by atoms with Crippen molar-refractivity contribution in [3.8, 4) is 6.07 Å². The van der Waals surface area contributed by atoms with Gasteiger partial charge in [-0.2, -0.15) is 5.26 Å². The molecule has 1 aromatic heterocycles. The van der Waals surface area contributed by atoms with E-state index in [9.17, 15) is 5.26 Å². The van der Waals surface area contributed by atoms with Crippen LogP contribution < -0.4 is 5.73 Å². The fourth-order valence-corrected chi connectivity index (χ4v) is 2.13. The maximum atomic E-state index is 9.33. The second-order valence-corrected chi connectivity index (χ2v) is 4.68. The van der Waals surface area contributed by atoms with Crippen LogP contribution in [0, 0.1) is 11.3 Å². The molecule has 114 valence electrons. The molecule has 0 radical (unpaired) electrons. The van der Waals surface area contributed by atoms with Crippen LogP contribution in [0.1, 0.15) is 16.8 Å². The van der Waals surface area contributed by atoms with Gasteiger partial charge >= 0.3 is 0 Å². The van der Waals surface area contributed by atoms with Gasteiger partial charge in [-0.15, -0.1) is 0 Å². The SMILES string of the molecule is C=C(OC)/C(=C\C(=C/N)c1ccccn1)c1ccccc1C#N. The Labute approximate surface area is 135 Å². The molecule has 0 aliphatic heterocycles. The van der Waals surface area contributed by atoms with Gasteiger partial charge in [-0.3, -0.25) is 4.98 Å². The molecule has 0 fully saturated rings. The van der Waals surface area contributed by atoms with Crippen LogP contribution in [0.25, 0.3) is 11.1 Å². The number of nitriles is 1. The highest BCUT2D eigenvalue weighted by molar-refractivity contribution is 5.89. The number of aromatic nitrogens is 1. The van der Waals surface area contributed by atoms with Gasteiger partial charge in [0.05, 0.1) is 24.4 Å². The molecule has 2 rings (SSSR count). The number of nitrogens with two attached hydrogens (primary N) is 1. The summed E-state index contributed by atoms with van der Waals surface area (Å²) in [6, 6.07) is 15.0. The van der Waals surface area contributed by atoms with Crippen molar-refractivity contribution in [3.63, 3.8) is 0 Å². The fraction of sp³-hybridized carbons (Fsp3) is 0.0526. The zero-order valence-electron chi connectivity index (χ0n) is 12.9. The van der Waals surface area contributed by atoms with E-state index in [0.29, 0.717) is 22.5 Å². The number of methoxy groups -OCH3 is 1. The minimum Gasteiger partial charge on any atom is -0.497 e. The molecule has 4 heteroatoms. The third kappa shape index (κ3) is 3.66. The zero-order valence-corrected chi connectivity index (χ0v) is 12.9. The normalized spacial score (nSPS) is 11.7. The third-order valence-corrected chi connectivity index (χ3v) is 3.32. The van der Waals surface area contributed by atoms with Crippen LogP contribution in [0.3, 0.4) is 0 Å². The van der Waals surface area contributed by atoms with Crippen LogP contribution >= 0.6 is 0 Å². The van der Waals surface area contributed by atoms with Crippen LogP contribution in [-0.4, -0.2) is 12.1 Å². The molecule has 0 saturated carbocycles. The van der Waals surface area contributed by atoms with Gasteiger partial charge in [0.2, 0.25) is 0 Å². The highest BCUT2D eigenvalue weighted by Gasteiger charge is 2.13. The predicted octanol–water partition coefficient (Wildman–Crippen LogP) is 3.50. The average molecular weight is 303 g/mol. The standard InChI is InChI=1S/C19H17N3O/c1-14(23-2)18(17-8-4-3-7-15(17)12-20)11-16(13-21)19-9-5-6-10-22-19/h3-11,13H,1,21H2,2H3/b16-13+,18-11+. The Morgan fingerprint density at radius 3 is 2.61 bits per heavy atom. The number of allylic oxidation sites excluding steroid dienone is 3. The second-order valence-electron chi connectivity index (χ2n) is 4.68. The Morgan fingerprint density at radius 2 is 2.00 bits per heavy atom. The van der Waals surface area contributed by atoms with Crippen LogP contribution in [0.2, 0.25) is 0 Å². The number of pyridine rings is 1. The van der Waals surface area contributed by atoms with Crippen molar-refractivity contribution >= 4 is 11.1 Å². The number of benzene rings is 1. The Kier molecular flexibility index (Phi) is 5.32. The first-order valence-corrected chi connectivity index (χ1v) is 6.99. The molecule has 1 aromatic carbocycles. The van der Waals surface area contributed by atoms with Crippen molar-refractivity contribution in [1.29, 1.82) is 5.26 Å². The summed E-state index contributed by atoms with van der Waals surface area (Å²) >= 11 is 0. The van der Waals surface area contributed by atoms with Gasteiger partial charge in [0.25, 0.3) is 0 Å². The minimum absolute atomic E-state index is 0.447. The van der Waals surface area contributed by atoms with E-state index in [-0.39, 0.29) is 0 Å². The first-order chi connectivity index (χ1) is 11.2. The van der Waals surface area contributed by atoms with Crippen molar-refractivity contribution in [2.45, 2.75) is 0 Å². The maximum Gasteiger partial charge on any atom is 0.119 e. The molecule has 4 nitrogen and oxygen atoms in total. The first-order valence-electron chi connectivity index (χ1n) is 6.99. The van der Waals surface area contributed by atoms with Crippen LogP contribution in [0.15, 0.2) is 73.3 Å². The molecule has 0 aliphatic rings. The molecule has 0 amide bonds. The second kappa shape index (κ2) is 7.62. The van der Waals surface area contributed by atoms with E-state index in [2.05, 4.69) is 17.6 Å². The van der Waals surface area contributed by atoms with Gasteiger partial charge in [0, 0.05) is 29.1 Å². The predicted molar refractivity (Wildman–Crippen MR) is 91.7 cm³/mol. The summed E-state index contributed by atoms with van der Waals surface area (Å²) in [5, 5.41) is 9.33. The van der Waals surface area contributed by atoms with E-state index in [0.717, 1.165) is 11.3 Å². The minimum atomic E-state index is 0.447. The molecule has 0 aliphatic carbocycles. The molecule has 0 bridgehead atoms. The van der Waals surface area contributed by atoms with Crippen molar-refractivity contribution in [2.24, 2.45) is 5.73 Å². The molecule has 0 unspecified atom stereocenters. The van der Waals surface area contributed by atoms with Crippen molar-refractivity contribution in [1.82, 2.24) is 4.98 Å². The third-order valence-electron chi connectivity index (χ3n) is 3.32. The van der Waals surface area contributed by atoms with E-state index in [1.807, 2.05) is 42.5 Å². The summed E-state index contributed by atoms with van der Waals surface area (Å²) in [7, 11) is 1.54. The highest BCUT2D eigenvalue weighted by Crippen LogP contribution is 2.28. The van der Waals surface area contributed by atoms with E-state index < -0.39 is 0 Å². The lowest BCUT2D eigenvalue weighted by molar-refractivity contribution is 0.313. The lowest BCUT2D eigenvalue weighted by Gasteiger charge is -2.13. The molecule has 1 heterocycles. The lowest BCUT2D eigenvalue weighted by Crippen LogP contribution is -1.97. The molecule has 2 N–H and O–H groups in total. The zero-order chi connectivity index (χ0) is 16.7. The number of rotatable bonds is 5. The molecule has 0 spiro atoms. The quantitative estimate of drug-likeness (QED) is 0.678. The smallest absolute Gasteiger partial charge is 0.119 e. The summed E-state index contributed by atoms with van der Waals surface area (Å²) in [6.45, 7) is 3.92. The monoisotopic (exact) mass is 303 g/mol. The highest BCUT2D eigenvalue weighted by atomic mass is 16.5. The number of hydrogen-bond acceptors (Lipinski definition) is 4. The first kappa shape index (κ1) is 16.1. The van der Waals surface area contributed by atoms with E-state index in [1.54, 1.807) is 12.3 Å². The Bertz CT molecular complexity index is 799. The van der Waals surface area contributed by atoms with Gasteiger partial charge in [-0.1, -0.05) is 30.8 Å². The summed E-state index contributed by atoms with van der Waals surface area (Å²) in [4.78, 5) is 4.30. The average Bonchev–Trinajstić information content (AvgIpc) is 2.63. The summed E-state index contributed by atoms with van der Waals surface area (Å²) in [5.74, 6) is 0.447. The van der Waals surface area contributed by atoms with Crippen LogP contribution in [0.4, 0.5) is 0 Å². The van der Waals surface area contributed by atoms with Gasteiger partial charge in [0.1, 0.15) is 5.76 Å². The Morgan fingerprint density at radius 1 is 1.26 bits per heavy atom. The van der Waals surface area contributed by atoms with Crippen molar-refractivity contribution in [3.05, 3.63) is 90.1 Å². The molecule has 0 saturated heterocycles. The van der Waals surface area contributed by atoms with Crippen molar-refractivity contribution in [2.75, 3.05) is 7.11 Å². The van der Waals surface area contributed by atoms with Gasteiger partial charge < -0.3 is 10.5 Å². The molecule has 2 aromatic rings. The Balaban J connectivity index is 2.60. The van der Waals surface area contributed by atoms with Gasteiger partial charge in [-0.05, 0) is 24.3 Å². The van der Waals surface area contributed by atoms with Crippen LogP contribution in [0.5, 0.6) is 0 Å². The topological polar surface area (TPSA) is 71.9 Å². The summed E-state index contributed by atoms with van der Waals surface area (Å²) in [5.41, 5.74) is 9.16. The Hall–Kier alpha value is -3.32. The number of ether oxygens (including phenoxy) is 1. The molecule has 0 atom stereocenters. The fourth-order valence-electron chi connectivity index (χ4n) is 2.13. The summed E-state index contributed by atoms with van der Waals surface area (Å²) in [6.07, 6.45) is 4.99. The lowest BCUT2D eigenvalue weighted by atomic mass is 9.96. The van der Waals surface area contributed by atoms with Gasteiger partial charge in [0.15, 0.2) is 0 Å². The molecular formula is C19H17N3O.